The van der Waals surface area contributed by atoms with Crippen LogP contribution in [0.25, 0.3) is 0 Å². The number of allylic oxidation sites excluding steroid dienone is 1. The van der Waals surface area contributed by atoms with E-state index >= 15 is 0 Å². The molecule has 0 spiro atoms. The molecule has 0 atom stereocenters. The highest BCUT2D eigenvalue weighted by atomic mass is 32.2. The summed E-state index contributed by atoms with van der Waals surface area (Å²) in [6, 6.07) is 9.48. The summed E-state index contributed by atoms with van der Waals surface area (Å²) < 4.78 is 0. The van der Waals surface area contributed by atoms with E-state index in [0.29, 0.717) is 28.9 Å². The van der Waals surface area contributed by atoms with Crippen molar-refractivity contribution in [1.82, 2.24) is 14.9 Å². The molecule has 2 aromatic rings. The number of aliphatic imine (C=N–C) groups is 1. The van der Waals surface area contributed by atoms with E-state index in [2.05, 4.69) is 20.2 Å². The zero-order valence-electron chi connectivity index (χ0n) is 18.0. The SMILES string of the molecule is CCC(=O)Nc1ccc(Sc2nc(CCN3CCC3)cc(N=C(N)/C=C(/C)N)n2)cc1. The smallest absolute Gasteiger partial charge is 0.224 e. The Morgan fingerprint density at radius 2 is 2.00 bits per heavy atom. The Morgan fingerprint density at radius 1 is 1.26 bits per heavy atom. The minimum Gasteiger partial charge on any atom is -0.402 e. The van der Waals surface area contributed by atoms with Crippen molar-refractivity contribution in [3.63, 3.8) is 0 Å². The Bertz CT molecular complexity index is 964. The zero-order chi connectivity index (χ0) is 22.2. The van der Waals surface area contributed by atoms with Gasteiger partial charge in [-0.25, -0.2) is 15.0 Å². The number of anilines is 1. The van der Waals surface area contributed by atoms with Crippen LogP contribution in [-0.4, -0.2) is 46.2 Å². The summed E-state index contributed by atoms with van der Waals surface area (Å²) in [5.41, 5.74) is 13.9. The topological polar surface area (TPSA) is 123 Å². The monoisotopic (exact) mass is 439 g/mol. The Hall–Kier alpha value is -2.91. The molecule has 0 saturated carbocycles. The van der Waals surface area contributed by atoms with Crippen LogP contribution < -0.4 is 16.8 Å². The number of nitrogens with one attached hydrogen (secondary N) is 1. The number of carbonyl (C=O) groups excluding carboxylic acids is 1. The summed E-state index contributed by atoms with van der Waals surface area (Å²) in [5, 5.41) is 3.45. The lowest BCUT2D eigenvalue weighted by atomic mass is 10.2. The first-order valence-corrected chi connectivity index (χ1v) is 11.2. The van der Waals surface area contributed by atoms with Crippen LogP contribution in [0, 0.1) is 0 Å². The maximum atomic E-state index is 11.5. The third kappa shape index (κ3) is 7.37. The number of hydrogen-bond donors (Lipinski definition) is 3. The van der Waals surface area contributed by atoms with E-state index in [9.17, 15) is 4.79 Å². The van der Waals surface area contributed by atoms with Gasteiger partial charge in [0, 0.05) is 47.4 Å². The number of benzene rings is 1. The Kier molecular flexibility index (Phi) is 8.02. The second-order valence-electron chi connectivity index (χ2n) is 7.40. The predicted octanol–water partition coefficient (Wildman–Crippen LogP) is 3.08. The van der Waals surface area contributed by atoms with Gasteiger partial charge in [-0.05, 0) is 68.5 Å². The lowest BCUT2D eigenvalue weighted by Gasteiger charge is -2.30. The molecular weight excluding hydrogens is 410 g/mol. The molecule has 1 aliphatic heterocycles. The number of amides is 1. The van der Waals surface area contributed by atoms with E-state index in [1.54, 1.807) is 13.0 Å². The van der Waals surface area contributed by atoms with Gasteiger partial charge in [0.1, 0.15) is 5.84 Å². The first-order chi connectivity index (χ1) is 14.9. The van der Waals surface area contributed by atoms with Gasteiger partial charge in [0.25, 0.3) is 0 Å². The van der Waals surface area contributed by atoms with Crippen LogP contribution >= 0.6 is 11.8 Å². The number of aromatic nitrogens is 2. The fraction of sp³-hybridized carbons (Fsp3) is 0.364. The summed E-state index contributed by atoms with van der Waals surface area (Å²) >= 11 is 1.45. The van der Waals surface area contributed by atoms with Crippen LogP contribution in [0.2, 0.25) is 0 Å². The summed E-state index contributed by atoms with van der Waals surface area (Å²) in [6.07, 6.45) is 4.14. The van der Waals surface area contributed by atoms with Crippen LogP contribution in [0.3, 0.4) is 0 Å². The van der Waals surface area contributed by atoms with Crippen LogP contribution in [0.15, 0.2) is 57.1 Å². The molecule has 1 aromatic heterocycles. The van der Waals surface area contributed by atoms with E-state index < -0.39 is 0 Å². The molecule has 0 radical (unpaired) electrons. The van der Waals surface area contributed by atoms with E-state index in [-0.39, 0.29) is 5.91 Å². The number of nitrogens with zero attached hydrogens (tertiary/aromatic N) is 4. The van der Waals surface area contributed by atoms with Gasteiger partial charge in [-0.15, -0.1) is 0 Å². The highest BCUT2D eigenvalue weighted by molar-refractivity contribution is 7.99. The Balaban J connectivity index is 1.79. The quantitative estimate of drug-likeness (QED) is 0.312. The van der Waals surface area contributed by atoms with Gasteiger partial charge in [0.2, 0.25) is 5.91 Å². The molecule has 1 fully saturated rings. The van der Waals surface area contributed by atoms with Crippen molar-refractivity contribution in [2.75, 3.05) is 25.0 Å². The minimum atomic E-state index is -0.0134. The molecule has 31 heavy (non-hydrogen) atoms. The van der Waals surface area contributed by atoms with Crippen molar-refractivity contribution in [1.29, 1.82) is 0 Å². The van der Waals surface area contributed by atoms with Crippen LogP contribution in [0.5, 0.6) is 0 Å². The Morgan fingerprint density at radius 3 is 2.61 bits per heavy atom. The highest BCUT2D eigenvalue weighted by Crippen LogP contribution is 2.28. The molecule has 3 rings (SSSR count). The van der Waals surface area contributed by atoms with Gasteiger partial charge >= 0.3 is 0 Å². The Labute approximate surface area is 187 Å². The van der Waals surface area contributed by atoms with Crippen molar-refractivity contribution in [2.45, 2.75) is 43.2 Å². The number of hydrogen-bond acceptors (Lipinski definition) is 7. The van der Waals surface area contributed by atoms with Gasteiger partial charge in [0.05, 0.1) is 0 Å². The van der Waals surface area contributed by atoms with Crippen molar-refractivity contribution in [2.24, 2.45) is 16.5 Å². The van der Waals surface area contributed by atoms with E-state index in [4.69, 9.17) is 16.5 Å². The summed E-state index contributed by atoms with van der Waals surface area (Å²) in [7, 11) is 0. The van der Waals surface area contributed by atoms with Gasteiger partial charge < -0.3 is 21.7 Å². The molecule has 9 heteroatoms. The molecule has 1 saturated heterocycles. The molecule has 5 N–H and O–H groups in total. The van der Waals surface area contributed by atoms with Gasteiger partial charge in [-0.3, -0.25) is 4.79 Å². The maximum absolute atomic E-state index is 11.5. The molecule has 8 nitrogen and oxygen atoms in total. The minimum absolute atomic E-state index is 0.0134. The number of nitrogens with two attached hydrogens (primary N) is 2. The molecule has 0 bridgehead atoms. The largest absolute Gasteiger partial charge is 0.402 e. The molecule has 1 amide bonds. The predicted molar refractivity (Wildman–Crippen MR) is 126 cm³/mol. The van der Waals surface area contributed by atoms with Crippen molar-refractivity contribution < 1.29 is 4.79 Å². The number of rotatable bonds is 9. The summed E-state index contributed by atoms with van der Waals surface area (Å²) in [5.74, 6) is 0.804. The maximum Gasteiger partial charge on any atom is 0.224 e. The summed E-state index contributed by atoms with van der Waals surface area (Å²) in [4.78, 5) is 28.6. The second-order valence-corrected chi connectivity index (χ2v) is 8.44. The van der Waals surface area contributed by atoms with Crippen molar-refractivity contribution in [3.05, 3.63) is 47.8 Å². The molecule has 164 valence electrons. The normalized spacial score (nSPS) is 14.9. The third-order valence-electron chi connectivity index (χ3n) is 4.67. The van der Waals surface area contributed by atoms with E-state index in [0.717, 1.165) is 42.3 Å². The highest BCUT2D eigenvalue weighted by Gasteiger charge is 2.14. The fourth-order valence-electron chi connectivity index (χ4n) is 2.93. The lowest BCUT2D eigenvalue weighted by molar-refractivity contribution is -0.115. The van der Waals surface area contributed by atoms with Crippen LogP contribution in [0.1, 0.15) is 32.4 Å². The fourth-order valence-corrected chi connectivity index (χ4v) is 3.71. The molecule has 0 aliphatic carbocycles. The van der Waals surface area contributed by atoms with Crippen LogP contribution in [-0.2, 0) is 11.2 Å². The van der Waals surface area contributed by atoms with E-state index in [1.165, 1.54) is 18.2 Å². The first kappa shape index (κ1) is 22.8. The average molecular weight is 440 g/mol. The average Bonchev–Trinajstić information content (AvgIpc) is 2.67. The lowest BCUT2D eigenvalue weighted by Crippen LogP contribution is -2.38. The molecule has 0 unspecified atom stereocenters. The van der Waals surface area contributed by atoms with Crippen molar-refractivity contribution >= 4 is 35.0 Å². The molecule has 1 aromatic carbocycles. The van der Waals surface area contributed by atoms with Crippen LogP contribution in [0.4, 0.5) is 11.5 Å². The standard InChI is InChI=1S/C22H29N7OS/c1-3-21(30)25-16-5-7-18(8-6-16)31-22-26-17(9-12-29-10-4-11-29)14-20(28-22)27-19(24)13-15(2)23/h5-8,13-14H,3-4,9-12,23H2,1-2H3,(H,25,30)(H2,24,26,27,28)/b15-13-. The first-order valence-electron chi connectivity index (χ1n) is 10.4. The number of carbonyl (C=O) groups is 1. The third-order valence-corrected chi connectivity index (χ3v) is 5.54. The molecule has 2 heterocycles. The molecular formula is C22H29N7OS. The summed E-state index contributed by atoms with van der Waals surface area (Å²) in [6.45, 7) is 6.84. The van der Waals surface area contributed by atoms with Crippen molar-refractivity contribution in [3.8, 4) is 0 Å². The molecule has 1 aliphatic rings. The van der Waals surface area contributed by atoms with Gasteiger partial charge in [-0.1, -0.05) is 6.92 Å². The van der Waals surface area contributed by atoms with Gasteiger partial charge in [-0.2, -0.15) is 0 Å². The number of likely N-dealkylation sites (tertiary alicyclic amines) is 1. The number of amidine groups is 1. The zero-order valence-corrected chi connectivity index (χ0v) is 18.8. The van der Waals surface area contributed by atoms with E-state index in [1.807, 2.05) is 37.3 Å². The second kappa shape index (κ2) is 10.9. The van der Waals surface area contributed by atoms with Gasteiger partial charge in [0.15, 0.2) is 11.0 Å².